The molecule has 1 rings (SSSR count). The Hall–Kier alpha value is -1.30. The Morgan fingerprint density at radius 3 is 2.37 bits per heavy atom. The molecule has 108 valence electrons. The molecule has 0 radical (unpaired) electrons. The molecule has 0 bridgehead atoms. The van der Waals surface area contributed by atoms with Crippen LogP contribution in [0.1, 0.15) is 0 Å². The maximum absolute atomic E-state index is 5.62. The van der Waals surface area contributed by atoms with Crippen LogP contribution in [0, 0.1) is 0 Å². The first kappa shape index (κ1) is 15.8. The molecule has 0 aliphatic heterocycles. The first-order chi connectivity index (χ1) is 9.38. The Kier molecular flexibility index (Phi) is 8.80. The number of para-hydroxylation sites is 2. The number of nitrogens with one attached hydrogen (secondary N) is 1. The van der Waals surface area contributed by atoms with Gasteiger partial charge in [-0.15, -0.1) is 0 Å². The van der Waals surface area contributed by atoms with E-state index >= 15 is 0 Å². The topological polar surface area (TPSA) is 49.0 Å². The van der Waals surface area contributed by atoms with E-state index in [0.717, 1.165) is 24.6 Å². The highest BCUT2D eigenvalue weighted by atomic mass is 16.5. The summed E-state index contributed by atoms with van der Waals surface area (Å²) in [4.78, 5) is 0. The van der Waals surface area contributed by atoms with Gasteiger partial charge in [-0.05, 0) is 12.1 Å². The lowest BCUT2D eigenvalue weighted by molar-refractivity contribution is 0.0717. The average molecular weight is 269 g/mol. The van der Waals surface area contributed by atoms with Crippen molar-refractivity contribution >= 4 is 0 Å². The van der Waals surface area contributed by atoms with E-state index in [4.69, 9.17) is 18.9 Å². The fourth-order valence-corrected chi connectivity index (χ4v) is 1.48. The van der Waals surface area contributed by atoms with Gasteiger partial charge in [0, 0.05) is 20.2 Å². The minimum Gasteiger partial charge on any atom is -0.493 e. The summed E-state index contributed by atoms with van der Waals surface area (Å²) in [7, 11) is 3.30. The van der Waals surface area contributed by atoms with Gasteiger partial charge in [-0.25, -0.2) is 0 Å². The van der Waals surface area contributed by atoms with E-state index in [1.54, 1.807) is 14.2 Å². The normalized spacial score (nSPS) is 10.4. The molecular weight excluding hydrogens is 246 g/mol. The minimum atomic E-state index is 0.596. The highest BCUT2D eigenvalue weighted by Gasteiger charge is 2.01. The second kappa shape index (κ2) is 10.6. The SMILES string of the molecule is COCCOCCNCCOc1ccccc1OC. The molecule has 0 aliphatic rings. The van der Waals surface area contributed by atoms with Crippen molar-refractivity contribution in [3.63, 3.8) is 0 Å². The van der Waals surface area contributed by atoms with E-state index in [-0.39, 0.29) is 0 Å². The van der Waals surface area contributed by atoms with E-state index in [0.29, 0.717) is 26.4 Å². The second-order valence-electron chi connectivity index (χ2n) is 3.85. The number of benzene rings is 1. The van der Waals surface area contributed by atoms with Gasteiger partial charge in [-0.3, -0.25) is 0 Å². The van der Waals surface area contributed by atoms with Crippen LogP contribution >= 0.6 is 0 Å². The second-order valence-corrected chi connectivity index (χ2v) is 3.85. The summed E-state index contributed by atoms with van der Waals surface area (Å²) in [6.07, 6.45) is 0. The van der Waals surface area contributed by atoms with Crippen molar-refractivity contribution in [3.05, 3.63) is 24.3 Å². The summed E-state index contributed by atoms with van der Waals surface area (Å²) in [5, 5.41) is 3.24. The average Bonchev–Trinajstić information content (AvgIpc) is 2.46. The Labute approximate surface area is 114 Å². The van der Waals surface area contributed by atoms with Crippen molar-refractivity contribution in [2.45, 2.75) is 0 Å². The van der Waals surface area contributed by atoms with Crippen molar-refractivity contribution < 1.29 is 18.9 Å². The number of rotatable bonds is 11. The molecular formula is C14H23NO4. The van der Waals surface area contributed by atoms with Crippen LogP contribution in [0.4, 0.5) is 0 Å². The third kappa shape index (κ3) is 7.00. The van der Waals surface area contributed by atoms with Gasteiger partial charge in [0.25, 0.3) is 0 Å². The molecule has 1 N–H and O–H groups in total. The summed E-state index contributed by atoms with van der Waals surface area (Å²) >= 11 is 0. The fraction of sp³-hybridized carbons (Fsp3) is 0.571. The van der Waals surface area contributed by atoms with E-state index in [1.165, 1.54) is 0 Å². The third-order valence-corrected chi connectivity index (χ3v) is 2.46. The molecule has 0 aliphatic carbocycles. The lowest BCUT2D eigenvalue weighted by Gasteiger charge is -2.10. The van der Waals surface area contributed by atoms with Gasteiger partial charge < -0.3 is 24.3 Å². The Balaban J connectivity index is 2.01. The minimum absolute atomic E-state index is 0.596. The number of hydrogen-bond acceptors (Lipinski definition) is 5. The zero-order chi connectivity index (χ0) is 13.8. The van der Waals surface area contributed by atoms with Crippen LogP contribution in [-0.2, 0) is 9.47 Å². The highest BCUT2D eigenvalue weighted by molar-refractivity contribution is 5.39. The number of hydrogen-bond donors (Lipinski definition) is 1. The van der Waals surface area contributed by atoms with Gasteiger partial charge in [0.05, 0.1) is 26.9 Å². The van der Waals surface area contributed by atoms with Crippen LogP contribution in [0.3, 0.4) is 0 Å². The predicted octanol–water partition coefficient (Wildman–Crippen LogP) is 1.33. The molecule has 1 aromatic carbocycles. The van der Waals surface area contributed by atoms with Crippen molar-refractivity contribution in [3.8, 4) is 11.5 Å². The first-order valence-corrected chi connectivity index (χ1v) is 6.41. The van der Waals surface area contributed by atoms with Gasteiger partial charge in [0.15, 0.2) is 11.5 Å². The summed E-state index contributed by atoms with van der Waals surface area (Å²) in [6.45, 7) is 4.12. The molecule has 0 spiro atoms. The summed E-state index contributed by atoms with van der Waals surface area (Å²) in [6, 6.07) is 7.62. The van der Waals surface area contributed by atoms with Gasteiger partial charge in [0.2, 0.25) is 0 Å². The fourth-order valence-electron chi connectivity index (χ4n) is 1.48. The van der Waals surface area contributed by atoms with Crippen molar-refractivity contribution in [1.29, 1.82) is 0 Å². The maximum atomic E-state index is 5.62. The quantitative estimate of drug-likeness (QED) is 0.614. The maximum Gasteiger partial charge on any atom is 0.161 e. The van der Waals surface area contributed by atoms with Crippen LogP contribution in [0.15, 0.2) is 24.3 Å². The van der Waals surface area contributed by atoms with Crippen LogP contribution in [0.25, 0.3) is 0 Å². The van der Waals surface area contributed by atoms with E-state index < -0.39 is 0 Å². The zero-order valence-electron chi connectivity index (χ0n) is 11.7. The lowest BCUT2D eigenvalue weighted by Crippen LogP contribution is -2.25. The van der Waals surface area contributed by atoms with E-state index in [2.05, 4.69) is 5.32 Å². The molecule has 5 nitrogen and oxygen atoms in total. The van der Waals surface area contributed by atoms with Gasteiger partial charge in [0.1, 0.15) is 6.61 Å². The molecule has 0 saturated heterocycles. The molecule has 0 amide bonds. The molecule has 0 unspecified atom stereocenters. The van der Waals surface area contributed by atoms with Gasteiger partial charge in [-0.2, -0.15) is 0 Å². The molecule has 0 aromatic heterocycles. The van der Waals surface area contributed by atoms with Crippen LogP contribution < -0.4 is 14.8 Å². The molecule has 0 heterocycles. The Bertz CT molecular complexity index is 333. The van der Waals surface area contributed by atoms with Crippen LogP contribution in [0.5, 0.6) is 11.5 Å². The van der Waals surface area contributed by atoms with Crippen molar-refractivity contribution in [2.75, 3.05) is 53.7 Å². The molecule has 5 heteroatoms. The molecule has 0 atom stereocenters. The highest BCUT2D eigenvalue weighted by Crippen LogP contribution is 2.25. The Morgan fingerprint density at radius 1 is 0.895 bits per heavy atom. The predicted molar refractivity (Wildman–Crippen MR) is 74.1 cm³/mol. The zero-order valence-corrected chi connectivity index (χ0v) is 11.7. The van der Waals surface area contributed by atoms with Crippen molar-refractivity contribution in [1.82, 2.24) is 5.32 Å². The first-order valence-electron chi connectivity index (χ1n) is 6.41. The van der Waals surface area contributed by atoms with Crippen LogP contribution in [0.2, 0.25) is 0 Å². The van der Waals surface area contributed by atoms with E-state index in [1.807, 2.05) is 24.3 Å². The molecule has 19 heavy (non-hydrogen) atoms. The van der Waals surface area contributed by atoms with Crippen LogP contribution in [-0.4, -0.2) is 53.7 Å². The number of ether oxygens (including phenoxy) is 4. The lowest BCUT2D eigenvalue weighted by atomic mass is 10.3. The summed E-state index contributed by atoms with van der Waals surface area (Å²) in [5.41, 5.74) is 0. The van der Waals surface area contributed by atoms with Gasteiger partial charge >= 0.3 is 0 Å². The molecule has 1 aromatic rings. The molecule has 0 saturated carbocycles. The third-order valence-electron chi connectivity index (χ3n) is 2.46. The largest absolute Gasteiger partial charge is 0.493 e. The molecule has 0 fully saturated rings. The smallest absolute Gasteiger partial charge is 0.161 e. The Morgan fingerprint density at radius 2 is 1.63 bits per heavy atom. The standard InChI is InChI=1S/C14H23NO4/c1-16-11-12-18-9-7-15-8-10-19-14-6-4-3-5-13(14)17-2/h3-6,15H,7-12H2,1-2H3. The summed E-state index contributed by atoms with van der Waals surface area (Å²) in [5.74, 6) is 1.52. The van der Waals surface area contributed by atoms with Gasteiger partial charge in [-0.1, -0.05) is 12.1 Å². The monoisotopic (exact) mass is 269 g/mol. The number of methoxy groups -OCH3 is 2. The van der Waals surface area contributed by atoms with E-state index in [9.17, 15) is 0 Å². The van der Waals surface area contributed by atoms with Crippen molar-refractivity contribution in [2.24, 2.45) is 0 Å². The summed E-state index contributed by atoms with van der Waals surface area (Å²) < 4.78 is 21.0.